The molecule has 0 amide bonds. The number of nitrogens with zero attached hydrogens (tertiary/aromatic N) is 1. The smallest absolute Gasteiger partial charge is 0.321 e. The largest absolute Gasteiger partial charge is 0.480 e. The van der Waals surface area contributed by atoms with Crippen LogP contribution in [0.4, 0.5) is 0 Å². The number of likely N-dealkylation sites (N-methyl/N-ethyl adjacent to an activating group) is 1. The lowest BCUT2D eigenvalue weighted by molar-refractivity contribution is -0.144. The van der Waals surface area contributed by atoms with E-state index in [1.54, 1.807) is 4.90 Å². The van der Waals surface area contributed by atoms with Crippen molar-refractivity contribution in [2.24, 2.45) is 5.92 Å². The Labute approximate surface area is 74.4 Å². The van der Waals surface area contributed by atoms with Gasteiger partial charge in [0, 0.05) is 0 Å². The van der Waals surface area contributed by atoms with Gasteiger partial charge in [0.2, 0.25) is 0 Å². The Morgan fingerprint density at radius 1 is 1.33 bits per heavy atom. The summed E-state index contributed by atoms with van der Waals surface area (Å²) < 4.78 is 0. The van der Waals surface area contributed by atoms with Crippen molar-refractivity contribution in [3.63, 3.8) is 0 Å². The van der Waals surface area contributed by atoms with E-state index in [1.165, 1.54) is 0 Å². The fraction of sp³-hybridized carbons (Fsp3) is 0.889. The molecule has 0 fully saturated rings. The SMILES string of the molecule is CCC(CC)[C@@H](C(=O)O)N(C)C. The van der Waals surface area contributed by atoms with E-state index in [0.29, 0.717) is 0 Å². The molecular weight excluding hydrogens is 154 g/mol. The molecule has 0 radical (unpaired) electrons. The molecule has 0 aliphatic carbocycles. The van der Waals surface area contributed by atoms with E-state index in [4.69, 9.17) is 5.11 Å². The third-order valence-electron chi connectivity index (χ3n) is 2.30. The Bertz CT molecular complexity index is 141. The summed E-state index contributed by atoms with van der Waals surface area (Å²) in [7, 11) is 3.63. The third-order valence-corrected chi connectivity index (χ3v) is 2.30. The van der Waals surface area contributed by atoms with E-state index >= 15 is 0 Å². The first-order valence-corrected chi connectivity index (χ1v) is 4.43. The van der Waals surface area contributed by atoms with E-state index < -0.39 is 5.97 Å². The molecule has 0 aromatic rings. The normalized spacial score (nSPS) is 13.8. The first-order chi connectivity index (χ1) is 5.54. The monoisotopic (exact) mass is 173 g/mol. The number of aliphatic carboxylic acids is 1. The Kier molecular flexibility index (Phi) is 4.90. The van der Waals surface area contributed by atoms with Gasteiger partial charge in [-0.2, -0.15) is 0 Å². The Hall–Kier alpha value is -0.570. The first kappa shape index (κ1) is 11.4. The highest BCUT2D eigenvalue weighted by Gasteiger charge is 2.27. The topological polar surface area (TPSA) is 40.5 Å². The maximum absolute atomic E-state index is 10.9. The van der Waals surface area contributed by atoms with Crippen LogP contribution in [-0.2, 0) is 4.79 Å². The molecular formula is C9H19NO2. The van der Waals surface area contributed by atoms with Crippen molar-refractivity contribution < 1.29 is 9.90 Å². The predicted molar refractivity (Wildman–Crippen MR) is 49.2 cm³/mol. The highest BCUT2D eigenvalue weighted by molar-refractivity contribution is 5.73. The lowest BCUT2D eigenvalue weighted by atomic mass is 9.93. The molecule has 3 heteroatoms. The van der Waals surface area contributed by atoms with Crippen molar-refractivity contribution in [3.05, 3.63) is 0 Å². The predicted octanol–water partition coefficient (Wildman–Crippen LogP) is 1.44. The number of carbonyl (C=O) groups is 1. The minimum Gasteiger partial charge on any atom is -0.480 e. The standard InChI is InChI=1S/C9H19NO2/c1-5-7(6-2)8(9(11)12)10(3)4/h7-8H,5-6H2,1-4H3,(H,11,12)/t8-/m0/s1. The molecule has 12 heavy (non-hydrogen) atoms. The van der Waals surface area contributed by atoms with Crippen molar-refractivity contribution in [2.75, 3.05) is 14.1 Å². The summed E-state index contributed by atoms with van der Waals surface area (Å²) in [5.41, 5.74) is 0. The lowest BCUT2D eigenvalue weighted by Gasteiger charge is -2.27. The number of carboxylic acids is 1. The van der Waals surface area contributed by atoms with Gasteiger partial charge in [0.15, 0.2) is 0 Å². The van der Waals surface area contributed by atoms with Crippen LogP contribution in [0, 0.1) is 5.92 Å². The van der Waals surface area contributed by atoms with Crippen LogP contribution in [0.5, 0.6) is 0 Å². The highest BCUT2D eigenvalue weighted by Crippen LogP contribution is 2.16. The minimum atomic E-state index is -0.714. The second kappa shape index (κ2) is 5.14. The number of hydrogen-bond acceptors (Lipinski definition) is 2. The average Bonchev–Trinajstić information content (AvgIpc) is 1.98. The fourth-order valence-electron chi connectivity index (χ4n) is 1.58. The molecule has 0 bridgehead atoms. The molecule has 0 aromatic carbocycles. The summed E-state index contributed by atoms with van der Waals surface area (Å²) in [5, 5.41) is 8.93. The van der Waals surface area contributed by atoms with Crippen molar-refractivity contribution >= 4 is 5.97 Å². The molecule has 1 atom stereocenters. The summed E-state index contributed by atoms with van der Waals surface area (Å²) in [6.45, 7) is 4.07. The van der Waals surface area contributed by atoms with Gasteiger partial charge in [-0.05, 0) is 20.0 Å². The van der Waals surface area contributed by atoms with Gasteiger partial charge < -0.3 is 5.11 Å². The Morgan fingerprint density at radius 2 is 1.75 bits per heavy atom. The van der Waals surface area contributed by atoms with Crippen LogP contribution >= 0.6 is 0 Å². The van der Waals surface area contributed by atoms with Crippen molar-refractivity contribution in [1.82, 2.24) is 4.90 Å². The maximum atomic E-state index is 10.9. The molecule has 0 saturated carbocycles. The quantitative estimate of drug-likeness (QED) is 0.684. The lowest BCUT2D eigenvalue weighted by Crippen LogP contribution is -2.41. The summed E-state index contributed by atoms with van der Waals surface area (Å²) in [6, 6.07) is -0.333. The van der Waals surface area contributed by atoms with Gasteiger partial charge in [-0.15, -0.1) is 0 Å². The van der Waals surface area contributed by atoms with Crippen LogP contribution in [0.15, 0.2) is 0 Å². The Morgan fingerprint density at radius 3 is 1.83 bits per heavy atom. The van der Waals surface area contributed by atoms with Gasteiger partial charge in [0.25, 0.3) is 0 Å². The zero-order valence-electron chi connectivity index (χ0n) is 8.37. The van der Waals surface area contributed by atoms with E-state index in [-0.39, 0.29) is 12.0 Å². The first-order valence-electron chi connectivity index (χ1n) is 4.43. The van der Waals surface area contributed by atoms with Crippen LogP contribution in [0.2, 0.25) is 0 Å². The molecule has 0 heterocycles. The fourth-order valence-corrected chi connectivity index (χ4v) is 1.58. The molecule has 0 spiro atoms. The molecule has 0 aromatic heterocycles. The summed E-state index contributed by atoms with van der Waals surface area (Å²) in [5.74, 6) is -0.453. The molecule has 0 aliphatic heterocycles. The maximum Gasteiger partial charge on any atom is 0.321 e. The molecule has 0 aliphatic rings. The zero-order chi connectivity index (χ0) is 9.72. The van der Waals surface area contributed by atoms with Gasteiger partial charge >= 0.3 is 5.97 Å². The van der Waals surface area contributed by atoms with Gasteiger partial charge in [-0.3, -0.25) is 9.69 Å². The summed E-state index contributed by atoms with van der Waals surface area (Å²) >= 11 is 0. The van der Waals surface area contributed by atoms with Gasteiger partial charge in [0.05, 0.1) is 0 Å². The molecule has 72 valence electrons. The van der Waals surface area contributed by atoms with E-state index in [2.05, 4.69) is 0 Å². The van der Waals surface area contributed by atoms with Crippen LogP contribution in [-0.4, -0.2) is 36.1 Å². The highest BCUT2D eigenvalue weighted by atomic mass is 16.4. The third kappa shape index (κ3) is 2.81. The number of carboxylic acid groups (broad SMARTS) is 1. The number of rotatable bonds is 5. The van der Waals surface area contributed by atoms with E-state index in [9.17, 15) is 4.79 Å². The zero-order valence-corrected chi connectivity index (χ0v) is 8.37. The van der Waals surface area contributed by atoms with Crippen LogP contribution in [0.1, 0.15) is 26.7 Å². The molecule has 3 nitrogen and oxygen atoms in total. The van der Waals surface area contributed by atoms with Crippen LogP contribution in [0.25, 0.3) is 0 Å². The second-order valence-electron chi connectivity index (χ2n) is 3.32. The van der Waals surface area contributed by atoms with Gasteiger partial charge in [-0.25, -0.2) is 0 Å². The number of hydrogen-bond donors (Lipinski definition) is 1. The van der Waals surface area contributed by atoms with Crippen molar-refractivity contribution in [3.8, 4) is 0 Å². The average molecular weight is 173 g/mol. The molecule has 0 unspecified atom stereocenters. The summed E-state index contributed by atoms with van der Waals surface area (Å²) in [4.78, 5) is 12.6. The van der Waals surface area contributed by atoms with Crippen LogP contribution < -0.4 is 0 Å². The van der Waals surface area contributed by atoms with Crippen molar-refractivity contribution in [2.45, 2.75) is 32.7 Å². The Balaban J connectivity index is 4.36. The second-order valence-corrected chi connectivity index (χ2v) is 3.32. The molecule has 0 rings (SSSR count). The summed E-state index contributed by atoms with van der Waals surface area (Å²) in [6.07, 6.45) is 1.84. The van der Waals surface area contributed by atoms with E-state index in [1.807, 2.05) is 27.9 Å². The molecule has 1 N–H and O–H groups in total. The molecule has 0 saturated heterocycles. The minimum absolute atomic E-state index is 0.262. The van der Waals surface area contributed by atoms with Crippen LogP contribution in [0.3, 0.4) is 0 Å². The van der Waals surface area contributed by atoms with Gasteiger partial charge in [0.1, 0.15) is 6.04 Å². The van der Waals surface area contributed by atoms with Crippen molar-refractivity contribution in [1.29, 1.82) is 0 Å². The van der Waals surface area contributed by atoms with Gasteiger partial charge in [-0.1, -0.05) is 26.7 Å². The van der Waals surface area contributed by atoms with E-state index in [0.717, 1.165) is 12.8 Å².